The van der Waals surface area contributed by atoms with Gasteiger partial charge in [0.25, 0.3) is 0 Å². The van der Waals surface area contributed by atoms with Gasteiger partial charge in [-0.15, -0.1) is 0 Å². The van der Waals surface area contributed by atoms with E-state index in [1.54, 1.807) is 6.92 Å². The van der Waals surface area contributed by atoms with Crippen molar-refractivity contribution in [3.63, 3.8) is 0 Å². The third kappa shape index (κ3) is 5.02. The Balaban J connectivity index is 1.71. The molecule has 1 atom stereocenters. The summed E-state index contributed by atoms with van der Waals surface area (Å²) in [6, 6.07) is 11.9. The second-order valence-corrected chi connectivity index (χ2v) is 6.45. The van der Waals surface area contributed by atoms with Crippen LogP contribution in [0.1, 0.15) is 39.5 Å². The van der Waals surface area contributed by atoms with Crippen LogP contribution in [-0.4, -0.2) is 37.6 Å². The van der Waals surface area contributed by atoms with Gasteiger partial charge in [-0.2, -0.15) is 0 Å². The van der Waals surface area contributed by atoms with Crippen LogP contribution in [0.5, 0.6) is 0 Å². The third-order valence-corrected chi connectivity index (χ3v) is 4.66. The van der Waals surface area contributed by atoms with Gasteiger partial charge in [0.1, 0.15) is 0 Å². The zero-order chi connectivity index (χ0) is 15.9. The fourth-order valence-corrected chi connectivity index (χ4v) is 3.12. The van der Waals surface area contributed by atoms with Crippen LogP contribution >= 0.6 is 0 Å². The van der Waals surface area contributed by atoms with E-state index in [9.17, 15) is 4.79 Å². The molecule has 2 N–H and O–H groups in total. The van der Waals surface area contributed by atoms with E-state index in [4.69, 9.17) is 0 Å². The van der Waals surface area contributed by atoms with Crippen LogP contribution in [0, 0.1) is 0 Å². The van der Waals surface area contributed by atoms with Crippen molar-refractivity contribution in [3.05, 3.63) is 30.3 Å². The maximum absolute atomic E-state index is 11.1. The van der Waals surface area contributed by atoms with E-state index in [-0.39, 0.29) is 5.91 Å². The number of likely N-dealkylation sites (N-methyl/N-ethyl adjacent to an activating group) is 1. The van der Waals surface area contributed by atoms with Crippen LogP contribution in [0.3, 0.4) is 0 Å². The molecule has 1 fully saturated rings. The molecule has 1 aliphatic rings. The molecule has 1 unspecified atom stereocenters. The Morgan fingerprint density at radius 1 is 1.18 bits per heavy atom. The van der Waals surface area contributed by atoms with Crippen molar-refractivity contribution in [1.29, 1.82) is 0 Å². The highest BCUT2D eigenvalue weighted by molar-refractivity contribution is 5.73. The van der Waals surface area contributed by atoms with Gasteiger partial charge in [-0.05, 0) is 44.7 Å². The van der Waals surface area contributed by atoms with Gasteiger partial charge < -0.3 is 15.5 Å². The number of nitrogens with zero attached hydrogens (tertiary/aromatic N) is 1. The summed E-state index contributed by atoms with van der Waals surface area (Å²) in [5.74, 6) is 0.0921. The highest BCUT2D eigenvalue weighted by atomic mass is 16.1. The summed E-state index contributed by atoms with van der Waals surface area (Å²) >= 11 is 0. The average Bonchev–Trinajstić information content (AvgIpc) is 2.53. The van der Waals surface area contributed by atoms with Gasteiger partial charge in [-0.3, -0.25) is 4.79 Å². The van der Waals surface area contributed by atoms with Crippen LogP contribution in [0.25, 0.3) is 0 Å². The predicted molar refractivity (Wildman–Crippen MR) is 92.2 cm³/mol. The minimum atomic E-state index is 0.0921. The number of carbonyl (C=O) groups excluding carboxylic acids is 1. The van der Waals surface area contributed by atoms with E-state index < -0.39 is 0 Å². The number of amides is 1. The molecule has 1 aromatic rings. The molecule has 4 heteroatoms. The van der Waals surface area contributed by atoms with Gasteiger partial charge in [0.2, 0.25) is 5.91 Å². The lowest BCUT2D eigenvalue weighted by Crippen LogP contribution is -2.45. The SMILES string of the molecule is CC(=O)NC1CCC(NCC(C)N(C)c2ccccc2)CC1. The topological polar surface area (TPSA) is 44.4 Å². The Morgan fingerprint density at radius 3 is 2.36 bits per heavy atom. The van der Waals surface area contributed by atoms with Crippen LogP contribution in [0.4, 0.5) is 5.69 Å². The number of hydrogen-bond acceptors (Lipinski definition) is 3. The summed E-state index contributed by atoms with van der Waals surface area (Å²) in [7, 11) is 2.15. The highest BCUT2D eigenvalue weighted by Crippen LogP contribution is 2.19. The Hall–Kier alpha value is -1.55. The number of para-hydroxylation sites is 1. The number of nitrogens with one attached hydrogen (secondary N) is 2. The zero-order valence-electron chi connectivity index (χ0n) is 14.0. The number of rotatable bonds is 6. The minimum absolute atomic E-state index is 0.0921. The Labute approximate surface area is 134 Å². The van der Waals surface area contributed by atoms with Crippen LogP contribution in [-0.2, 0) is 4.79 Å². The van der Waals surface area contributed by atoms with E-state index in [2.05, 4.69) is 53.8 Å². The summed E-state index contributed by atoms with van der Waals surface area (Å²) in [4.78, 5) is 13.4. The lowest BCUT2D eigenvalue weighted by atomic mass is 9.91. The first kappa shape index (κ1) is 16.8. The molecular formula is C18H29N3O. The van der Waals surface area contributed by atoms with Crippen molar-refractivity contribution >= 4 is 11.6 Å². The molecule has 2 rings (SSSR count). The molecule has 1 amide bonds. The fraction of sp³-hybridized carbons (Fsp3) is 0.611. The van der Waals surface area contributed by atoms with E-state index >= 15 is 0 Å². The van der Waals surface area contributed by atoms with E-state index in [1.807, 2.05) is 6.07 Å². The molecule has 0 heterocycles. The molecule has 0 radical (unpaired) electrons. The van der Waals surface area contributed by atoms with Gasteiger partial charge in [0, 0.05) is 44.3 Å². The Kier molecular flexibility index (Phi) is 6.25. The van der Waals surface area contributed by atoms with Gasteiger partial charge in [-0.1, -0.05) is 18.2 Å². The van der Waals surface area contributed by atoms with Crippen molar-refractivity contribution in [2.45, 2.75) is 57.7 Å². The van der Waals surface area contributed by atoms with Crippen molar-refractivity contribution in [2.24, 2.45) is 0 Å². The maximum Gasteiger partial charge on any atom is 0.217 e. The van der Waals surface area contributed by atoms with Gasteiger partial charge in [-0.25, -0.2) is 0 Å². The smallest absolute Gasteiger partial charge is 0.217 e. The number of carbonyl (C=O) groups is 1. The standard InChI is InChI=1S/C18H29N3O/c1-14(21(3)18-7-5-4-6-8-18)13-19-16-9-11-17(12-10-16)20-15(2)22/h4-8,14,16-17,19H,9-13H2,1-3H3,(H,20,22). The highest BCUT2D eigenvalue weighted by Gasteiger charge is 2.22. The van der Waals surface area contributed by atoms with Gasteiger partial charge in [0.05, 0.1) is 0 Å². The molecular weight excluding hydrogens is 274 g/mol. The maximum atomic E-state index is 11.1. The minimum Gasteiger partial charge on any atom is -0.371 e. The molecule has 0 saturated heterocycles. The van der Waals surface area contributed by atoms with E-state index in [1.165, 1.54) is 5.69 Å². The summed E-state index contributed by atoms with van der Waals surface area (Å²) in [6.45, 7) is 4.84. The normalized spacial score (nSPS) is 22.9. The molecule has 0 aromatic heterocycles. The van der Waals surface area contributed by atoms with Gasteiger partial charge in [0.15, 0.2) is 0 Å². The summed E-state index contributed by atoms with van der Waals surface area (Å²) in [6.07, 6.45) is 4.46. The van der Waals surface area contributed by atoms with E-state index in [0.717, 1.165) is 32.2 Å². The number of benzene rings is 1. The lowest BCUT2D eigenvalue weighted by Gasteiger charge is -2.32. The predicted octanol–water partition coefficient (Wildman–Crippen LogP) is 2.55. The monoisotopic (exact) mass is 303 g/mol. The van der Waals surface area contributed by atoms with Crippen molar-refractivity contribution in [3.8, 4) is 0 Å². The molecule has 122 valence electrons. The van der Waals surface area contributed by atoms with Crippen molar-refractivity contribution in [2.75, 3.05) is 18.5 Å². The third-order valence-electron chi connectivity index (χ3n) is 4.66. The number of anilines is 1. The number of hydrogen-bond donors (Lipinski definition) is 2. The van der Waals surface area contributed by atoms with Crippen molar-refractivity contribution < 1.29 is 4.79 Å². The molecule has 0 aliphatic heterocycles. The largest absolute Gasteiger partial charge is 0.371 e. The molecule has 1 aliphatic carbocycles. The van der Waals surface area contributed by atoms with Crippen LogP contribution in [0.2, 0.25) is 0 Å². The van der Waals surface area contributed by atoms with E-state index in [0.29, 0.717) is 18.1 Å². The quantitative estimate of drug-likeness (QED) is 0.849. The fourth-order valence-electron chi connectivity index (χ4n) is 3.12. The zero-order valence-corrected chi connectivity index (χ0v) is 14.0. The lowest BCUT2D eigenvalue weighted by molar-refractivity contribution is -0.119. The van der Waals surface area contributed by atoms with Crippen LogP contribution in [0.15, 0.2) is 30.3 Å². The summed E-state index contributed by atoms with van der Waals surface area (Å²) < 4.78 is 0. The molecule has 1 saturated carbocycles. The molecule has 1 aromatic carbocycles. The first-order valence-corrected chi connectivity index (χ1v) is 8.34. The summed E-state index contributed by atoms with van der Waals surface area (Å²) in [5, 5.41) is 6.72. The second-order valence-electron chi connectivity index (χ2n) is 6.45. The molecule has 22 heavy (non-hydrogen) atoms. The molecule has 4 nitrogen and oxygen atoms in total. The molecule has 0 bridgehead atoms. The van der Waals surface area contributed by atoms with Crippen molar-refractivity contribution in [1.82, 2.24) is 10.6 Å². The second kappa shape index (κ2) is 8.18. The first-order chi connectivity index (χ1) is 10.6. The molecule has 0 spiro atoms. The summed E-state index contributed by atoms with van der Waals surface area (Å²) in [5.41, 5.74) is 1.26. The Morgan fingerprint density at radius 2 is 1.77 bits per heavy atom. The van der Waals surface area contributed by atoms with Crippen LogP contribution < -0.4 is 15.5 Å². The Bertz CT molecular complexity index is 455. The average molecular weight is 303 g/mol. The first-order valence-electron chi connectivity index (χ1n) is 8.34. The van der Waals surface area contributed by atoms with Gasteiger partial charge >= 0.3 is 0 Å².